The summed E-state index contributed by atoms with van der Waals surface area (Å²) in [5.74, 6) is 2.02. The van der Waals surface area contributed by atoms with Crippen molar-refractivity contribution in [2.45, 2.75) is 18.7 Å². The van der Waals surface area contributed by atoms with Crippen LogP contribution in [0, 0.1) is 0 Å². The summed E-state index contributed by atoms with van der Waals surface area (Å²) in [6.45, 7) is 0.685. The Kier molecular flexibility index (Phi) is 4.52. The third-order valence-electron chi connectivity index (χ3n) is 5.16. The minimum atomic E-state index is -0.593. The predicted octanol–water partition coefficient (Wildman–Crippen LogP) is 4.60. The number of carbonyl (C=O) groups excluding carboxylic acids is 1. The lowest BCUT2D eigenvalue weighted by Gasteiger charge is -2.46. The molecule has 0 aliphatic carbocycles. The average molecular weight is 408 g/mol. The molecule has 0 spiro atoms. The van der Waals surface area contributed by atoms with Crippen molar-refractivity contribution in [1.82, 2.24) is 4.90 Å². The topological polar surface area (TPSA) is 48.0 Å². The summed E-state index contributed by atoms with van der Waals surface area (Å²) in [5, 5.41) is 0.668. The van der Waals surface area contributed by atoms with Crippen molar-refractivity contribution in [1.29, 1.82) is 0 Å². The van der Waals surface area contributed by atoms with Crippen molar-refractivity contribution >= 4 is 17.5 Å². The van der Waals surface area contributed by atoms with E-state index >= 15 is 0 Å². The van der Waals surface area contributed by atoms with Crippen molar-refractivity contribution in [3.8, 4) is 17.2 Å². The molecule has 3 aromatic carbocycles. The van der Waals surface area contributed by atoms with Crippen LogP contribution in [-0.2, 0) is 11.3 Å². The monoisotopic (exact) mass is 407 g/mol. The van der Waals surface area contributed by atoms with Crippen molar-refractivity contribution in [3.05, 3.63) is 88.9 Å². The van der Waals surface area contributed by atoms with Crippen LogP contribution in [0.1, 0.15) is 17.2 Å². The zero-order chi connectivity index (χ0) is 19.8. The second-order valence-electron chi connectivity index (χ2n) is 7.00. The maximum atomic E-state index is 13.0. The number of benzene rings is 3. The van der Waals surface area contributed by atoms with E-state index in [0.29, 0.717) is 28.8 Å². The van der Waals surface area contributed by atoms with E-state index in [1.807, 2.05) is 77.7 Å². The Hall–Kier alpha value is -3.18. The van der Waals surface area contributed by atoms with Gasteiger partial charge in [0, 0.05) is 11.6 Å². The molecular weight excluding hydrogens is 390 g/mol. The number of amides is 1. The fourth-order valence-corrected chi connectivity index (χ4v) is 3.82. The molecule has 0 unspecified atom stereocenters. The molecule has 2 aliphatic rings. The standard InChI is InChI=1S/C23H18ClNO4/c24-17-9-6-15(7-10-17)13-25-21(16-8-11-19-20(12-16)28-14-27-19)22(23(25)26)29-18-4-2-1-3-5-18/h1-12,21-22H,13-14H2/t21-,22+/m1/s1. The van der Waals surface area contributed by atoms with Crippen LogP contribution in [0.15, 0.2) is 72.8 Å². The molecule has 0 saturated carbocycles. The number of fused-ring (bicyclic) bond motifs is 1. The molecule has 2 heterocycles. The molecule has 1 fully saturated rings. The first-order valence-corrected chi connectivity index (χ1v) is 9.73. The summed E-state index contributed by atoms with van der Waals surface area (Å²) >= 11 is 5.99. The minimum Gasteiger partial charge on any atom is -0.478 e. The van der Waals surface area contributed by atoms with Crippen LogP contribution in [0.2, 0.25) is 5.02 Å². The predicted molar refractivity (Wildman–Crippen MR) is 108 cm³/mol. The lowest BCUT2D eigenvalue weighted by molar-refractivity contribution is -0.165. The third-order valence-corrected chi connectivity index (χ3v) is 5.41. The number of para-hydroxylation sites is 1. The van der Waals surface area contributed by atoms with E-state index in [1.165, 1.54) is 0 Å². The number of ether oxygens (including phenoxy) is 3. The molecule has 2 atom stereocenters. The summed E-state index contributed by atoms with van der Waals surface area (Å²) < 4.78 is 17.0. The number of β-lactam (4-membered cyclic amide) rings is 1. The summed E-state index contributed by atoms with van der Waals surface area (Å²) in [7, 11) is 0. The Balaban J connectivity index is 1.45. The molecular formula is C23H18ClNO4. The molecule has 0 N–H and O–H groups in total. The number of hydrogen-bond acceptors (Lipinski definition) is 4. The van der Waals surface area contributed by atoms with Gasteiger partial charge in [0.1, 0.15) is 11.8 Å². The fourth-order valence-electron chi connectivity index (χ4n) is 3.69. The largest absolute Gasteiger partial charge is 0.478 e. The van der Waals surface area contributed by atoms with Crippen molar-refractivity contribution in [2.24, 2.45) is 0 Å². The van der Waals surface area contributed by atoms with E-state index in [-0.39, 0.29) is 18.7 Å². The number of likely N-dealkylation sites (tertiary alicyclic amines) is 1. The fraction of sp³-hybridized carbons (Fsp3) is 0.174. The molecule has 1 amide bonds. The van der Waals surface area contributed by atoms with E-state index < -0.39 is 6.10 Å². The van der Waals surface area contributed by atoms with E-state index in [2.05, 4.69) is 0 Å². The maximum Gasteiger partial charge on any atom is 0.267 e. The van der Waals surface area contributed by atoms with Crippen molar-refractivity contribution in [3.63, 3.8) is 0 Å². The molecule has 5 nitrogen and oxygen atoms in total. The van der Waals surface area contributed by atoms with Crippen molar-refractivity contribution in [2.75, 3.05) is 6.79 Å². The molecule has 3 aromatic rings. The summed E-state index contributed by atoms with van der Waals surface area (Å²) in [4.78, 5) is 14.8. The van der Waals surface area contributed by atoms with Gasteiger partial charge in [-0.3, -0.25) is 4.79 Å². The second-order valence-corrected chi connectivity index (χ2v) is 7.44. The highest BCUT2D eigenvalue weighted by Gasteiger charge is 2.50. The zero-order valence-electron chi connectivity index (χ0n) is 15.5. The van der Waals surface area contributed by atoms with Gasteiger partial charge < -0.3 is 19.1 Å². The normalized spacial score (nSPS) is 19.8. The quantitative estimate of drug-likeness (QED) is 0.580. The van der Waals surface area contributed by atoms with E-state index in [0.717, 1.165) is 11.1 Å². The first-order valence-electron chi connectivity index (χ1n) is 9.35. The van der Waals surface area contributed by atoms with Gasteiger partial charge in [-0.2, -0.15) is 0 Å². The van der Waals surface area contributed by atoms with Gasteiger partial charge in [0.15, 0.2) is 11.5 Å². The molecule has 29 heavy (non-hydrogen) atoms. The van der Waals surface area contributed by atoms with Crippen LogP contribution in [0.4, 0.5) is 0 Å². The van der Waals surface area contributed by atoms with Gasteiger partial charge in [0.2, 0.25) is 12.9 Å². The second kappa shape index (κ2) is 7.33. The van der Waals surface area contributed by atoms with Gasteiger partial charge in [-0.15, -0.1) is 0 Å². The Morgan fingerprint density at radius 1 is 0.966 bits per heavy atom. The van der Waals surface area contributed by atoms with Crippen LogP contribution in [0.3, 0.4) is 0 Å². The first kappa shape index (κ1) is 17.9. The lowest BCUT2D eigenvalue weighted by Crippen LogP contribution is -2.60. The van der Waals surface area contributed by atoms with Gasteiger partial charge >= 0.3 is 0 Å². The van der Waals surface area contributed by atoms with Gasteiger partial charge in [-0.1, -0.05) is 48.0 Å². The van der Waals surface area contributed by atoms with Gasteiger partial charge in [0.05, 0.1) is 0 Å². The van der Waals surface area contributed by atoms with Crippen LogP contribution >= 0.6 is 11.6 Å². The number of carbonyl (C=O) groups is 1. The number of nitrogens with zero attached hydrogens (tertiary/aromatic N) is 1. The maximum absolute atomic E-state index is 13.0. The smallest absolute Gasteiger partial charge is 0.267 e. The average Bonchev–Trinajstić information content (AvgIpc) is 3.22. The van der Waals surface area contributed by atoms with Gasteiger partial charge in [-0.25, -0.2) is 0 Å². The SMILES string of the molecule is O=C1[C@@H](Oc2ccccc2)[C@@H](c2ccc3c(c2)OCO3)N1Cc1ccc(Cl)cc1. The Bertz CT molecular complexity index is 1040. The highest BCUT2D eigenvalue weighted by molar-refractivity contribution is 6.30. The Morgan fingerprint density at radius 3 is 2.52 bits per heavy atom. The molecule has 0 radical (unpaired) electrons. The van der Waals surface area contributed by atoms with Crippen LogP contribution < -0.4 is 14.2 Å². The molecule has 146 valence electrons. The van der Waals surface area contributed by atoms with Gasteiger partial charge in [0.25, 0.3) is 5.91 Å². The number of hydrogen-bond donors (Lipinski definition) is 0. The molecule has 1 saturated heterocycles. The van der Waals surface area contributed by atoms with Crippen LogP contribution in [0.5, 0.6) is 17.2 Å². The Labute approximate surface area is 173 Å². The van der Waals surface area contributed by atoms with E-state index in [4.69, 9.17) is 25.8 Å². The minimum absolute atomic E-state index is 0.0496. The van der Waals surface area contributed by atoms with E-state index in [9.17, 15) is 4.79 Å². The Morgan fingerprint density at radius 2 is 1.72 bits per heavy atom. The molecule has 5 rings (SSSR count). The highest BCUT2D eigenvalue weighted by Crippen LogP contribution is 2.42. The van der Waals surface area contributed by atoms with E-state index in [1.54, 1.807) is 0 Å². The first-order chi connectivity index (χ1) is 14.2. The summed E-state index contributed by atoms with van der Waals surface area (Å²) in [6, 6.07) is 22.4. The zero-order valence-corrected chi connectivity index (χ0v) is 16.2. The third kappa shape index (κ3) is 3.38. The van der Waals surface area contributed by atoms with Crippen molar-refractivity contribution < 1.29 is 19.0 Å². The van der Waals surface area contributed by atoms with Crippen LogP contribution in [-0.4, -0.2) is 23.7 Å². The lowest BCUT2D eigenvalue weighted by atomic mass is 9.89. The van der Waals surface area contributed by atoms with Gasteiger partial charge in [-0.05, 0) is 47.5 Å². The molecule has 2 aliphatic heterocycles. The highest BCUT2D eigenvalue weighted by atomic mass is 35.5. The molecule has 6 heteroatoms. The number of halogens is 1. The summed E-state index contributed by atoms with van der Waals surface area (Å²) in [5.41, 5.74) is 1.95. The van der Waals surface area contributed by atoms with Crippen LogP contribution in [0.25, 0.3) is 0 Å². The number of rotatable bonds is 5. The summed E-state index contributed by atoms with van der Waals surface area (Å²) in [6.07, 6.45) is -0.593. The molecule has 0 bridgehead atoms. The molecule has 0 aromatic heterocycles.